The molecule has 0 aromatic carbocycles. The van der Waals surface area contributed by atoms with Crippen LogP contribution in [0, 0.1) is 0 Å². The minimum absolute atomic E-state index is 0.630. The average molecular weight is 70.1 g/mol. The molecule has 0 amide bonds. The van der Waals surface area contributed by atoms with Crippen molar-refractivity contribution in [1.29, 1.82) is 0 Å². The van der Waals surface area contributed by atoms with E-state index < -0.39 is 0 Å². The topological polar surface area (TPSA) is 23.8 Å². The molecule has 0 heterocycles. The third-order valence-corrected chi connectivity index (χ3v) is 0.433. The number of hydrogen-bond acceptors (Lipinski definition) is 0. The largest absolute Gasteiger partial charge is 0.306 e. The summed E-state index contributed by atoms with van der Waals surface area (Å²) >= 11 is 0. The predicted octanol–water partition coefficient (Wildman–Crippen LogP) is 1.19. The Kier molecular flexibility index (Phi) is 1.65. The molecule has 0 aromatic rings. The second-order valence-corrected chi connectivity index (χ2v) is 0.972. The SMILES string of the molecule is C/C=C(/C)[NH]. The first-order valence-electron chi connectivity index (χ1n) is 1.62. The van der Waals surface area contributed by atoms with Crippen LogP contribution in [-0.4, -0.2) is 0 Å². The highest BCUT2D eigenvalue weighted by Crippen LogP contribution is 1.75. The molecular weight excluding hydrogens is 62.1 g/mol. The molecule has 0 bridgehead atoms. The van der Waals surface area contributed by atoms with Crippen LogP contribution in [0.5, 0.6) is 0 Å². The zero-order valence-electron chi connectivity index (χ0n) is 3.58. The summed E-state index contributed by atoms with van der Waals surface area (Å²) in [7, 11) is 0. The van der Waals surface area contributed by atoms with Crippen molar-refractivity contribution < 1.29 is 0 Å². The van der Waals surface area contributed by atoms with Gasteiger partial charge in [0, 0.05) is 5.70 Å². The third-order valence-electron chi connectivity index (χ3n) is 0.433. The van der Waals surface area contributed by atoms with Crippen LogP contribution in [0.4, 0.5) is 0 Å². The molecule has 0 aromatic heterocycles. The molecule has 0 unspecified atom stereocenters. The second-order valence-electron chi connectivity index (χ2n) is 0.972. The van der Waals surface area contributed by atoms with Gasteiger partial charge < -0.3 is 5.73 Å². The van der Waals surface area contributed by atoms with Gasteiger partial charge in [0.2, 0.25) is 0 Å². The van der Waals surface area contributed by atoms with Gasteiger partial charge in [0.15, 0.2) is 0 Å². The Morgan fingerprint density at radius 1 is 1.80 bits per heavy atom. The molecule has 0 atom stereocenters. The Morgan fingerprint density at radius 2 is 2.00 bits per heavy atom. The van der Waals surface area contributed by atoms with E-state index in [9.17, 15) is 0 Å². The van der Waals surface area contributed by atoms with Crippen molar-refractivity contribution in [3.05, 3.63) is 11.8 Å². The number of hydrogen-bond donors (Lipinski definition) is 0. The van der Waals surface area contributed by atoms with Crippen molar-refractivity contribution in [3.8, 4) is 0 Å². The summed E-state index contributed by atoms with van der Waals surface area (Å²) in [6.07, 6.45) is 1.75. The van der Waals surface area contributed by atoms with Gasteiger partial charge in [0.05, 0.1) is 0 Å². The quantitative estimate of drug-likeness (QED) is 0.409. The molecule has 0 aliphatic rings. The van der Waals surface area contributed by atoms with Gasteiger partial charge in [-0.1, -0.05) is 6.08 Å². The summed E-state index contributed by atoms with van der Waals surface area (Å²) in [5.74, 6) is 0. The standard InChI is InChI=1S/C4H8N/c1-3-4(2)5/h3,5H,1-2H3/b4-3-. The summed E-state index contributed by atoms with van der Waals surface area (Å²) < 4.78 is 0. The zero-order chi connectivity index (χ0) is 4.28. The average Bonchev–Trinajstić information content (AvgIpc) is 1.38. The smallest absolute Gasteiger partial charge is 0.0240 e. The molecule has 1 nitrogen and oxygen atoms in total. The van der Waals surface area contributed by atoms with E-state index in [-0.39, 0.29) is 0 Å². The number of nitrogens with one attached hydrogen (secondary N) is 1. The minimum Gasteiger partial charge on any atom is -0.306 e. The first-order valence-corrected chi connectivity index (χ1v) is 1.62. The van der Waals surface area contributed by atoms with Gasteiger partial charge in [0.1, 0.15) is 0 Å². The van der Waals surface area contributed by atoms with Gasteiger partial charge >= 0.3 is 0 Å². The molecule has 5 heavy (non-hydrogen) atoms. The van der Waals surface area contributed by atoms with Crippen LogP contribution in [-0.2, 0) is 0 Å². The van der Waals surface area contributed by atoms with Crippen molar-refractivity contribution in [1.82, 2.24) is 5.73 Å². The molecule has 0 spiro atoms. The zero-order valence-corrected chi connectivity index (χ0v) is 3.58. The second kappa shape index (κ2) is 1.82. The highest BCUT2D eigenvalue weighted by atomic mass is 14.5. The van der Waals surface area contributed by atoms with Gasteiger partial charge in [-0.3, -0.25) is 0 Å². The highest BCUT2D eigenvalue weighted by molar-refractivity contribution is 4.85. The first-order chi connectivity index (χ1) is 2.27. The van der Waals surface area contributed by atoms with E-state index in [4.69, 9.17) is 5.73 Å². The molecule has 1 N–H and O–H groups in total. The Morgan fingerprint density at radius 3 is 2.00 bits per heavy atom. The Balaban J connectivity index is 3.14. The molecule has 0 aliphatic heterocycles. The monoisotopic (exact) mass is 70.1 g/mol. The normalized spacial score (nSPS) is 12.0. The maximum absolute atomic E-state index is 6.69. The van der Waals surface area contributed by atoms with Gasteiger partial charge in [-0.25, -0.2) is 0 Å². The van der Waals surface area contributed by atoms with E-state index in [0.717, 1.165) is 0 Å². The molecule has 0 rings (SSSR count). The van der Waals surface area contributed by atoms with E-state index in [0.29, 0.717) is 5.70 Å². The lowest BCUT2D eigenvalue weighted by Crippen LogP contribution is -1.65. The summed E-state index contributed by atoms with van der Waals surface area (Å²) in [5.41, 5.74) is 7.32. The van der Waals surface area contributed by atoms with E-state index in [1.165, 1.54) is 0 Å². The van der Waals surface area contributed by atoms with Gasteiger partial charge in [-0.2, -0.15) is 0 Å². The molecule has 1 radical (unpaired) electrons. The van der Waals surface area contributed by atoms with Gasteiger partial charge in [-0.05, 0) is 13.8 Å². The third kappa shape index (κ3) is 3.54. The van der Waals surface area contributed by atoms with Gasteiger partial charge in [0.25, 0.3) is 0 Å². The highest BCUT2D eigenvalue weighted by Gasteiger charge is 1.62. The van der Waals surface area contributed by atoms with Crippen LogP contribution < -0.4 is 5.73 Å². The molecular formula is C4H8N. The fourth-order valence-electron chi connectivity index (χ4n) is 0. The Bertz CT molecular complexity index is 41.6. The molecule has 0 saturated carbocycles. The maximum Gasteiger partial charge on any atom is 0.0240 e. The first kappa shape index (κ1) is 4.54. The lowest BCUT2D eigenvalue weighted by molar-refractivity contribution is 1.25. The molecule has 0 saturated heterocycles. The fourth-order valence-corrected chi connectivity index (χ4v) is 0. The molecule has 0 fully saturated rings. The minimum atomic E-state index is 0.630. The van der Waals surface area contributed by atoms with Crippen molar-refractivity contribution in [2.75, 3.05) is 0 Å². The van der Waals surface area contributed by atoms with Crippen molar-refractivity contribution in [3.63, 3.8) is 0 Å². The van der Waals surface area contributed by atoms with Crippen molar-refractivity contribution in [2.24, 2.45) is 0 Å². The van der Waals surface area contributed by atoms with Gasteiger partial charge in [-0.15, -0.1) is 0 Å². The molecule has 0 aliphatic carbocycles. The van der Waals surface area contributed by atoms with Crippen molar-refractivity contribution in [2.45, 2.75) is 13.8 Å². The van der Waals surface area contributed by atoms with E-state index >= 15 is 0 Å². The summed E-state index contributed by atoms with van der Waals surface area (Å²) in [6.45, 7) is 3.60. The summed E-state index contributed by atoms with van der Waals surface area (Å²) in [4.78, 5) is 0. The molecule has 1 heteroatoms. The Labute approximate surface area is 32.5 Å². The maximum atomic E-state index is 6.69. The summed E-state index contributed by atoms with van der Waals surface area (Å²) in [6, 6.07) is 0. The van der Waals surface area contributed by atoms with Crippen LogP contribution >= 0.6 is 0 Å². The number of rotatable bonds is 0. The number of allylic oxidation sites excluding steroid dienone is 2. The van der Waals surface area contributed by atoms with Crippen LogP contribution in [0.2, 0.25) is 0 Å². The van der Waals surface area contributed by atoms with Crippen molar-refractivity contribution >= 4 is 0 Å². The van der Waals surface area contributed by atoms with Crippen LogP contribution in [0.1, 0.15) is 13.8 Å². The summed E-state index contributed by atoms with van der Waals surface area (Å²) in [5, 5.41) is 0. The lowest BCUT2D eigenvalue weighted by Gasteiger charge is -1.73. The fraction of sp³-hybridized carbons (Fsp3) is 0.500. The van der Waals surface area contributed by atoms with E-state index in [2.05, 4.69) is 0 Å². The Hall–Kier alpha value is -0.460. The van der Waals surface area contributed by atoms with Crippen LogP contribution in [0.3, 0.4) is 0 Å². The lowest BCUT2D eigenvalue weighted by atomic mass is 10.5. The van der Waals surface area contributed by atoms with Crippen LogP contribution in [0.15, 0.2) is 11.8 Å². The molecule has 29 valence electrons. The van der Waals surface area contributed by atoms with E-state index in [1.54, 1.807) is 13.0 Å². The van der Waals surface area contributed by atoms with Crippen LogP contribution in [0.25, 0.3) is 0 Å². The van der Waals surface area contributed by atoms with E-state index in [1.807, 2.05) is 6.92 Å². The predicted molar refractivity (Wildman–Crippen MR) is 22.5 cm³/mol.